The van der Waals surface area contributed by atoms with Crippen LogP contribution in [0.2, 0.25) is 0 Å². The molecule has 1 N–H and O–H groups in total. The highest BCUT2D eigenvalue weighted by molar-refractivity contribution is 7.92. The van der Waals surface area contributed by atoms with Crippen molar-refractivity contribution >= 4 is 16.0 Å². The number of aromatic nitrogens is 3. The van der Waals surface area contributed by atoms with Crippen molar-refractivity contribution in [3.05, 3.63) is 71.8 Å². The molecule has 3 rings (SSSR count). The minimum atomic E-state index is -3.77. The predicted octanol–water partition coefficient (Wildman–Crippen LogP) is 3.78. The van der Waals surface area contributed by atoms with Gasteiger partial charge in [0.25, 0.3) is 16.0 Å². The van der Waals surface area contributed by atoms with Gasteiger partial charge in [-0.3, -0.25) is 0 Å². The lowest BCUT2D eigenvalue weighted by molar-refractivity contribution is 0.600. The second kappa shape index (κ2) is 7.87. The Balaban J connectivity index is 1.70. The van der Waals surface area contributed by atoms with Crippen LogP contribution in [0.1, 0.15) is 37.3 Å². The largest absolute Gasteiger partial charge is 0.264 e. The topological polar surface area (TPSA) is 76.9 Å². The van der Waals surface area contributed by atoms with Gasteiger partial charge in [0.15, 0.2) is 0 Å². The summed E-state index contributed by atoms with van der Waals surface area (Å²) >= 11 is 0. The summed E-state index contributed by atoms with van der Waals surface area (Å²) < 4.78 is 41.8. The molecular formula is C19H21FN4O2S. The maximum atomic E-state index is 13.0. The minimum absolute atomic E-state index is 0.0110. The number of hydrogen-bond acceptors (Lipinski definition) is 4. The molecule has 3 aromatic rings. The molecule has 0 bridgehead atoms. The van der Waals surface area contributed by atoms with E-state index in [4.69, 9.17) is 0 Å². The van der Waals surface area contributed by atoms with Gasteiger partial charge < -0.3 is 0 Å². The molecule has 2 aromatic carbocycles. The van der Waals surface area contributed by atoms with Crippen molar-refractivity contribution in [2.75, 3.05) is 4.72 Å². The van der Waals surface area contributed by atoms with Gasteiger partial charge in [0.1, 0.15) is 12.1 Å². The molecule has 0 spiro atoms. The van der Waals surface area contributed by atoms with Crippen LogP contribution in [0.5, 0.6) is 0 Å². The summed E-state index contributed by atoms with van der Waals surface area (Å²) in [6, 6.07) is 12.8. The fourth-order valence-corrected chi connectivity index (χ4v) is 3.53. The third-order valence-corrected chi connectivity index (χ3v) is 5.74. The van der Waals surface area contributed by atoms with E-state index in [0.717, 1.165) is 17.5 Å². The number of nitrogens with one attached hydrogen (secondary N) is 1. The molecule has 0 aliphatic heterocycles. The smallest absolute Gasteiger partial charge is 0.246 e. The van der Waals surface area contributed by atoms with Crippen molar-refractivity contribution in [1.82, 2.24) is 14.8 Å². The maximum Gasteiger partial charge on any atom is 0.264 e. The maximum absolute atomic E-state index is 13.0. The Bertz CT molecular complexity index is 999. The number of benzene rings is 2. The second-order valence-electron chi connectivity index (χ2n) is 6.38. The van der Waals surface area contributed by atoms with E-state index in [1.807, 2.05) is 12.1 Å². The second-order valence-corrected chi connectivity index (χ2v) is 8.06. The lowest BCUT2D eigenvalue weighted by Gasteiger charge is -2.10. The first-order chi connectivity index (χ1) is 12.9. The molecule has 27 heavy (non-hydrogen) atoms. The Morgan fingerprint density at radius 3 is 2.41 bits per heavy atom. The summed E-state index contributed by atoms with van der Waals surface area (Å²) in [4.78, 5) is 4.14. The van der Waals surface area contributed by atoms with Gasteiger partial charge in [-0.2, -0.15) is 4.98 Å². The zero-order valence-corrected chi connectivity index (χ0v) is 15.9. The van der Waals surface area contributed by atoms with E-state index in [1.165, 1.54) is 23.1 Å². The Hall–Kier alpha value is -2.74. The summed E-state index contributed by atoms with van der Waals surface area (Å²) in [7, 11) is -3.77. The number of rotatable bonds is 7. The normalized spacial score (nSPS) is 12.7. The molecule has 0 radical (unpaired) electrons. The van der Waals surface area contributed by atoms with Gasteiger partial charge in [0, 0.05) is 0 Å². The van der Waals surface area contributed by atoms with Crippen molar-refractivity contribution in [3.63, 3.8) is 0 Å². The van der Waals surface area contributed by atoms with Crippen LogP contribution in [0.15, 0.2) is 59.8 Å². The molecule has 8 heteroatoms. The van der Waals surface area contributed by atoms with Crippen LogP contribution >= 0.6 is 0 Å². The molecule has 1 atom stereocenters. The third-order valence-electron chi connectivity index (χ3n) is 4.39. The number of halogens is 1. The van der Waals surface area contributed by atoms with E-state index in [1.54, 1.807) is 24.3 Å². The van der Waals surface area contributed by atoms with E-state index in [-0.39, 0.29) is 16.7 Å². The van der Waals surface area contributed by atoms with Crippen molar-refractivity contribution < 1.29 is 12.8 Å². The van der Waals surface area contributed by atoms with E-state index in [2.05, 4.69) is 28.7 Å². The third kappa shape index (κ3) is 4.71. The first kappa shape index (κ1) is 19.0. The zero-order chi connectivity index (χ0) is 19.4. The van der Waals surface area contributed by atoms with Crippen molar-refractivity contribution in [2.45, 2.75) is 37.6 Å². The highest BCUT2D eigenvalue weighted by Crippen LogP contribution is 2.21. The van der Waals surface area contributed by atoms with E-state index in [0.29, 0.717) is 12.5 Å². The van der Waals surface area contributed by atoms with Crippen molar-refractivity contribution in [1.29, 1.82) is 0 Å². The fourth-order valence-electron chi connectivity index (χ4n) is 2.58. The molecule has 0 saturated heterocycles. The van der Waals surface area contributed by atoms with Gasteiger partial charge in [-0.1, -0.05) is 38.1 Å². The average Bonchev–Trinajstić information content (AvgIpc) is 3.09. The molecule has 1 aromatic heterocycles. The quantitative estimate of drug-likeness (QED) is 0.668. The summed E-state index contributed by atoms with van der Waals surface area (Å²) in [6.45, 7) is 4.54. The van der Waals surface area contributed by atoms with Gasteiger partial charge in [0.2, 0.25) is 0 Å². The first-order valence-electron chi connectivity index (χ1n) is 8.64. The lowest BCUT2D eigenvalue weighted by Crippen LogP contribution is -2.14. The summed E-state index contributed by atoms with van der Waals surface area (Å²) in [5, 5.41) is 4.12. The van der Waals surface area contributed by atoms with E-state index < -0.39 is 10.0 Å². The molecule has 1 unspecified atom stereocenters. The highest BCUT2D eigenvalue weighted by atomic mass is 32.2. The molecule has 0 saturated carbocycles. The molecule has 0 aliphatic rings. The van der Waals surface area contributed by atoms with Gasteiger partial charge in [-0.15, -0.1) is 5.10 Å². The summed E-state index contributed by atoms with van der Waals surface area (Å²) in [5.41, 5.74) is 1.93. The van der Waals surface area contributed by atoms with Crippen LogP contribution in [-0.2, 0) is 16.6 Å². The molecule has 142 valence electrons. The molecule has 6 nitrogen and oxygen atoms in total. The molecule has 0 amide bonds. The number of hydrogen-bond donors (Lipinski definition) is 1. The van der Waals surface area contributed by atoms with Crippen LogP contribution in [0, 0.1) is 5.82 Å². The van der Waals surface area contributed by atoms with Crippen LogP contribution < -0.4 is 4.72 Å². The van der Waals surface area contributed by atoms with Crippen LogP contribution in [-0.4, -0.2) is 23.2 Å². The number of anilines is 1. The van der Waals surface area contributed by atoms with E-state index in [9.17, 15) is 12.8 Å². The van der Waals surface area contributed by atoms with Gasteiger partial charge in [0.05, 0.1) is 11.4 Å². The van der Waals surface area contributed by atoms with Crippen LogP contribution in [0.25, 0.3) is 0 Å². The minimum Gasteiger partial charge on any atom is -0.246 e. The standard InChI is InChI=1S/C19H21FN4O2S/c1-3-14(2)16-6-10-18(11-7-16)27(25,26)23-19-21-13-24(22-19)12-15-4-8-17(20)9-5-15/h4-11,13-14H,3,12H2,1-2H3,(H,22,23). The average molecular weight is 388 g/mol. The molecule has 0 aliphatic carbocycles. The fraction of sp³-hybridized carbons (Fsp3) is 0.263. The molecule has 0 fully saturated rings. The Morgan fingerprint density at radius 2 is 1.78 bits per heavy atom. The Labute approximate surface area is 158 Å². The summed E-state index contributed by atoms with van der Waals surface area (Å²) in [6.07, 6.45) is 2.41. The van der Waals surface area contributed by atoms with Crippen LogP contribution in [0.3, 0.4) is 0 Å². The molecule has 1 heterocycles. The van der Waals surface area contributed by atoms with Crippen molar-refractivity contribution in [2.24, 2.45) is 0 Å². The monoisotopic (exact) mass is 388 g/mol. The first-order valence-corrected chi connectivity index (χ1v) is 10.1. The number of sulfonamides is 1. The SMILES string of the molecule is CCC(C)c1ccc(S(=O)(=O)Nc2ncn(Cc3ccc(F)cc3)n2)cc1. The lowest BCUT2D eigenvalue weighted by atomic mass is 9.99. The Morgan fingerprint density at radius 1 is 1.11 bits per heavy atom. The van der Waals surface area contributed by atoms with Crippen LogP contribution in [0.4, 0.5) is 10.3 Å². The van der Waals surface area contributed by atoms with E-state index >= 15 is 0 Å². The summed E-state index contributed by atoms with van der Waals surface area (Å²) in [5.74, 6) is 0.0480. The predicted molar refractivity (Wildman–Crippen MR) is 101 cm³/mol. The zero-order valence-electron chi connectivity index (χ0n) is 15.1. The highest BCUT2D eigenvalue weighted by Gasteiger charge is 2.17. The molecular weight excluding hydrogens is 367 g/mol. The number of nitrogens with zero attached hydrogens (tertiary/aromatic N) is 3. The van der Waals surface area contributed by atoms with Crippen molar-refractivity contribution in [3.8, 4) is 0 Å². The van der Waals surface area contributed by atoms with Gasteiger partial charge in [-0.05, 0) is 47.7 Å². The van der Waals surface area contributed by atoms with Gasteiger partial charge >= 0.3 is 0 Å². The Kier molecular flexibility index (Phi) is 5.55. The van der Waals surface area contributed by atoms with Gasteiger partial charge in [-0.25, -0.2) is 22.2 Å².